The number of carbonyl (C=O) groups is 1. The summed E-state index contributed by atoms with van der Waals surface area (Å²) in [4.78, 5) is 18.2. The van der Waals surface area contributed by atoms with Crippen molar-refractivity contribution >= 4 is 35.2 Å². The normalized spacial score (nSPS) is 11.1. The Hall–Kier alpha value is -2.21. The predicted molar refractivity (Wildman–Crippen MR) is 72.2 cm³/mol. The summed E-state index contributed by atoms with van der Waals surface area (Å²) in [5.74, 6) is -0.239. The molecule has 96 valence electrons. The quantitative estimate of drug-likeness (QED) is 0.458. The highest BCUT2D eigenvalue weighted by Crippen LogP contribution is 2.24. The SMILES string of the molecule is CN=C(N)NC(=O)c1cc2c(O)cccc2[nH]1.Cl. The number of phenolic OH excluding ortho intramolecular Hbond substituents is 1. The Morgan fingerprint density at radius 2 is 2.22 bits per heavy atom. The number of hydrogen-bond donors (Lipinski definition) is 4. The molecule has 0 saturated heterocycles. The van der Waals surface area contributed by atoms with Gasteiger partial charge in [-0.15, -0.1) is 12.4 Å². The van der Waals surface area contributed by atoms with Gasteiger partial charge in [-0.05, 0) is 18.2 Å². The molecule has 1 heterocycles. The van der Waals surface area contributed by atoms with Gasteiger partial charge in [-0.25, -0.2) is 0 Å². The van der Waals surface area contributed by atoms with Gasteiger partial charge in [0.1, 0.15) is 11.4 Å². The minimum absolute atomic E-state index is 0. The number of rotatable bonds is 1. The van der Waals surface area contributed by atoms with Crippen molar-refractivity contribution in [1.29, 1.82) is 0 Å². The molecule has 2 aromatic rings. The van der Waals surface area contributed by atoms with Gasteiger partial charge in [0.2, 0.25) is 0 Å². The van der Waals surface area contributed by atoms with Gasteiger partial charge in [0.15, 0.2) is 5.96 Å². The molecule has 0 aliphatic carbocycles. The van der Waals surface area contributed by atoms with E-state index in [2.05, 4.69) is 15.3 Å². The van der Waals surface area contributed by atoms with Crippen LogP contribution in [0.4, 0.5) is 0 Å². The number of aromatic amines is 1. The number of amides is 1. The second-order valence-electron chi connectivity index (χ2n) is 3.48. The molecule has 1 aromatic heterocycles. The summed E-state index contributed by atoms with van der Waals surface area (Å²) in [5, 5.41) is 12.6. The number of aromatic nitrogens is 1. The van der Waals surface area contributed by atoms with Crippen molar-refractivity contribution in [1.82, 2.24) is 10.3 Å². The van der Waals surface area contributed by atoms with Crippen molar-refractivity contribution < 1.29 is 9.90 Å². The monoisotopic (exact) mass is 268 g/mol. The molecule has 0 bridgehead atoms. The number of halogens is 1. The lowest BCUT2D eigenvalue weighted by Gasteiger charge is -2.00. The maximum Gasteiger partial charge on any atom is 0.274 e. The van der Waals surface area contributed by atoms with E-state index in [1.54, 1.807) is 24.3 Å². The highest BCUT2D eigenvalue weighted by atomic mass is 35.5. The molecule has 6 nitrogen and oxygen atoms in total. The zero-order valence-corrected chi connectivity index (χ0v) is 10.4. The average Bonchev–Trinajstić information content (AvgIpc) is 2.74. The van der Waals surface area contributed by atoms with Crippen LogP contribution in [0.3, 0.4) is 0 Å². The Kier molecular flexibility index (Phi) is 4.17. The number of nitrogens with two attached hydrogens (primary N) is 1. The number of fused-ring (bicyclic) bond motifs is 1. The van der Waals surface area contributed by atoms with Crippen molar-refractivity contribution in [3.63, 3.8) is 0 Å². The number of hydrogen-bond acceptors (Lipinski definition) is 3. The molecule has 0 saturated carbocycles. The average molecular weight is 269 g/mol. The summed E-state index contributed by atoms with van der Waals surface area (Å²) in [5.41, 5.74) is 6.39. The number of benzene rings is 1. The standard InChI is InChI=1S/C11H12N4O2.ClH/c1-13-11(12)15-10(17)8-5-6-7(14-8)3-2-4-9(6)16;/h2-5,14,16H,1H3,(H3,12,13,15,17);1H. The molecule has 1 aromatic carbocycles. The van der Waals surface area contributed by atoms with E-state index < -0.39 is 5.91 Å². The first kappa shape index (κ1) is 13.9. The van der Waals surface area contributed by atoms with Crippen molar-refractivity contribution in [2.45, 2.75) is 0 Å². The maximum atomic E-state index is 11.7. The zero-order chi connectivity index (χ0) is 12.4. The van der Waals surface area contributed by atoms with Gasteiger partial charge in [-0.1, -0.05) is 6.07 Å². The number of guanidine groups is 1. The van der Waals surface area contributed by atoms with Crippen LogP contribution < -0.4 is 11.1 Å². The lowest BCUT2D eigenvalue weighted by molar-refractivity contribution is 0.0972. The summed E-state index contributed by atoms with van der Waals surface area (Å²) in [7, 11) is 1.48. The first-order valence-corrected chi connectivity index (χ1v) is 4.96. The van der Waals surface area contributed by atoms with Gasteiger partial charge in [0.25, 0.3) is 5.91 Å². The number of nitrogens with one attached hydrogen (secondary N) is 2. The zero-order valence-electron chi connectivity index (χ0n) is 9.60. The van der Waals surface area contributed by atoms with Crippen LogP contribution in [0.5, 0.6) is 5.75 Å². The topological polar surface area (TPSA) is 104 Å². The van der Waals surface area contributed by atoms with E-state index in [0.29, 0.717) is 16.6 Å². The van der Waals surface area contributed by atoms with Crippen LogP contribution in [-0.4, -0.2) is 29.0 Å². The first-order valence-electron chi connectivity index (χ1n) is 4.96. The van der Waals surface area contributed by atoms with Gasteiger partial charge in [-0.3, -0.25) is 15.1 Å². The highest BCUT2D eigenvalue weighted by molar-refractivity contribution is 6.07. The van der Waals surface area contributed by atoms with E-state index in [4.69, 9.17) is 5.73 Å². The second kappa shape index (κ2) is 5.42. The van der Waals surface area contributed by atoms with Crippen LogP contribution in [0.2, 0.25) is 0 Å². The molecule has 1 amide bonds. The molecule has 0 radical (unpaired) electrons. The summed E-state index contributed by atoms with van der Waals surface area (Å²) in [6, 6.07) is 6.57. The van der Waals surface area contributed by atoms with Crippen molar-refractivity contribution in [2.75, 3.05) is 7.05 Å². The van der Waals surface area contributed by atoms with Gasteiger partial charge < -0.3 is 15.8 Å². The van der Waals surface area contributed by atoms with Crippen LogP contribution in [0.15, 0.2) is 29.3 Å². The Balaban J connectivity index is 0.00000162. The molecule has 5 N–H and O–H groups in total. The Bertz CT molecular complexity index is 606. The molecule has 0 spiro atoms. The van der Waals surface area contributed by atoms with E-state index in [0.717, 1.165) is 0 Å². The summed E-state index contributed by atoms with van der Waals surface area (Å²) >= 11 is 0. The third kappa shape index (κ3) is 2.54. The number of aromatic hydroxyl groups is 1. The third-order valence-electron chi connectivity index (χ3n) is 2.37. The Labute approximate surface area is 109 Å². The lowest BCUT2D eigenvalue weighted by Crippen LogP contribution is -2.36. The molecule has 0 unspecified atom stereocenters. The first-order chi connectivity index (χ1) is 8.11. The van der Waals surface area contributed by atoms with E-state index in [1.807, 2.05) is 0 Å². The number of phenols is 1. The van der Waals surface area contributed by atoms with Crippen LogP contribution in [-0.2, 0) is 0 Å². The van der Waals surface area contributed by atoms with Crippen LogP contribution in [0.1, 0.15) is 10.5 Å². The molecule has 18 heavy (non-hydrogen) atoms. The maximum absolute atomic E-state index is 11.7. The fourth-order valence-electron chi connectivity index (χ4n) is 1.50. The van der Waals surface area contributed by atoms with Gasteiger partial charge >= 0.3 is 0 Å². The molecule has 0 aliphatic heterocycles. The largest absolute Gasteiger partial charge is 0.507 e. The van der Waals surface area contributed by atoms with Crippen LogP contribution in [0.25, 0.3) is 10.9 Å². The molecule has 0 atom stereocenters. The van der Waals surface area contributed by atoms with Gasteiger partial charge in [-0.2, -0.15) is 0 Å². The number of aliphatic imine (C=N–C) groups is 1. The summed E-state index contributed by atoms with van der Waals surface area (Å²) < 4.78 is 0. The number of nitrogens with zero attached hydrogens (tertiary/aromatic N) is 1. The third-order valence-corrected chi connectivity index (χ3v) is 2.37. The summed E-state index contributed by atoms with van der Waals surface area (Å²) in [6.45, 7) is 0. The van der Waals surface area contributed by atoms with Crippen LogP contribution in [0, 0.1) is 0 Å². The fourth-order valence-corrected chi connectivity index (χ4v) is 1.50. The lowest BCUT2D eigenvalue weighted by atomic mass is 10.2. The molecule has 2 rings (SSSR count). The van der Waals surface area contributed by atoms with Crippen LogP contribution >= 0.6 is 12.4 Å². The number of H-pyrrole nitrogens is 1. The van der Waals surface area contributed by atoms with Crippen molar-refractivity contribution in [3.05, 3.63) is 30.0 Å². The van der Waals surface area contributed by atoms with Gasteiger partial charge in [0.05, 0.1) is 0 Å². The van der Waals surface area contributed by atoms with Crippen molar-refractivity contribution in [3.8, 4) is 5.75 Å². The minimum Gasteiger partial charge on any atom is -0.507 e. The van der Waals surface area contributed by atoms with E-state index in [9.17, 15) is 9.90 Å². The summed E-state index contributed by atoms with van der Waals surface area (Å²) in [6.07, 6.45) is 0. The fraction of sp³-hybridized carbons (Fsp3) is 0.0909. The van der Waals surface area contributed by atoms with Crippen molar-refractivity contribution in [2.24, 2.45) is 10.7 Å². The van der Waals surface area contributed by atoms with Gasteiger partial charge in [0, 0.05) is 18.0 Å². The van der Waals surface area contributed by atoms with E-state index in [1.165, 1.54) is 7.05 Å². The Morgan fingerprint density at radius 1 is 1.50 bits per heavy atom. The molecule has 7 heteroatoms. The molecule has 0 fully saturated rings. The Morgan fingerprint density at radius 3 is 2.83 bits per heavy atom. The van der Waals surface area contributed by atoms with E-state index >= 15 is 0 Å². The minimum atomic E-state index is -0.399. The highest BCUT2D eigenvalue weighted by Gasteiger charge is 2.11. The molecule has 0 aliphatic rings. The predicted octanol–water partition coefficient (Wildman–Crippen LogP) is 0.970. The molecular formula is C11H13ClN4O2. The second-order valence-corrected chi connectivity index (χ2v) is 3.48. The van der Waals surface area contributed by atoms with E-state index in [-0.39, 0.29) is 24.1 Å². The number of carbonyl (C=O) groups excluding carboxylic acids is 1. The smallest absolute Gasteiger partial charge is 0.274 e. The molecular weight excluding hydrogens is 256 g/mol.